The van der Waals surface area contributed by atoms with Gasteiger partial charge in [0.1, 0.15) is 0 Å². The van der Waals surface area contributed by atoms with E-state index in [2.05, 4.69) is 4.98 Å². The predicted molar refractivity (Wildman–Crippen MR) is 121 cm³/mol. The van der Waals surface area contributed by atoms with E-state index >= 15 is 0 Å². The molecule has 2 heterocycles. The van der Waals surface area contributed by atoms with E-state index in [9.17, 15) is 18.0 Å². The number of nitrogens with one attached hydrogen (secondary N) is 1. The number of benzene rings is 2. The van der Waals surface area contributed by atoms with Gasteiger partial charge in [-0.1, -0.05) is 24.6 Å². The minimum absolute atomic E-state index is 0.0465. The van der Waals surface area contributed by atoms with Gasteiger partial charge in [-0.15, -0.1) is 0 Å². The van der Waals surface area contributed by atoms with Crippen molar-refractivity contribution < 1.29 is 22.7 Å². The molecule has 1 fully saturated rings. The number of H-pyrrole nitrogens is 1. The fourth-order valence-electron chi connectivity index (χ4n) is 4.10. The third-order valence-corrected chi connectivity index (χ3v) is 7.97. The minimum Gasteiger partial charge on any atom is -0.451 e. The number of ketones is 1. The number of piperidine rings is 1. The molecule has 32 heavy (non-hydrogen) atoms. The molecule has 0 spiro atoms. The zero-order valence-electron chi connectivity index (χ0n) is 18.1. The molecule has 1 N–H and O–H groups in total. The van der Waals surface area contributed by atoms with Crippen molar-refractivity contribution in [2.24, 2.45) is 0 Å². The Kier molecular flexibility index (Phi) is 6.17. The Balaban J connectivity index is 1.46. The van der Waals surface area contributed by atoms with Crippen LogP contribution < -0.4 is 0 Å². The summed E-state index contributed by atoms with van der Waals surface area (Å²) in [6.45, 7) is 3.94. The van der Waals surface area contributed by atoms with Gasteiger partial charge in [0, 0.05) is 35.2 Å². The number of hydrogen-bond acceptors (Lipinski definition) is 5. The fraction of sp³-hybridized carbons (Fsp3) is 0.333. The van der Waals surface area contributed by atoms with E-state index in [4.69, 9.17) is 4.74 Å². The van der Waals surface area contributed by atoms with Gasteiger partial charge in [-0.25, -0.2) is 13.2 Å². The van der Waals surface area contributed by atoms with Crippen molar-refractivity contribution >= 4 is 32.7 Å². The number of esters is 1. The number of carbonyl (C=O) groups excluding carboxylic acids is 2. The fourth-order valence-corrected chi connectivity index (χ4v) is 5.80. The summed E-state index contributed by atoms with van der Waals surface area (Å²) >= 11 is 0. The summed E-state index contributed by atoms with van der Waals surface area (Å²) in [6, 6.07) is 13.0. The molecule has 0 aliphatic carbocycles. The maximum atomic E-state index is 12.9. The van der Waals surface area contributed by atoms with E-state index in [0.29, 0.717) is 12.1 Å². The average Bonchev–Trinajstić information content (AvgIpc) is 3.23. The van der Waals surface area contributed by atoms with Crippen molar-refractivity contribution in [3.63, 3.8) is 0 Å². The summed E-state index contributed by atoms with van der Waals surface area (Å²) in [5.74, 6) is -0.991. The van der Waals surface area contributed by atoms with Crippen LogP contribution in [-0.4, -0.2) is 48.2 Å². The first kappa shape index (κ1) is 22.2. The predicted octanol–water partition coefficient (Wildman–Crippen LogP) is 4.16. The van der Waals surface area contributed by atoms with Crippen molar-refractivity contribution in [2.45, 2.75) is 50.2 Å². The molecule has 1 saturated heterocycles. The number of carbonyl (C=O) groups is 2. The first-order valence-corrected chi connectivity index (χ1v) is 12.2. The molecular formula is C24H26N2O5S. The van der Waals surface area contributed by atoms with Crippen molar-refractivity contribution in [1.29, 1.82) is 0 Å². The molecule has 0 bridgehead atoms. The number of hydrogen-bond donors (Lipinski definition) is 1. The Hall–Kier alpha value is -2.97. The third-order valence-electron chi connectivity index (χ3n) is 5.95. The van der Waals surface area contributed by atoms with Crippen molar-refractivity contribution in [3.8, 4) is 0 Å². The summed E-state index contributed by atoms with van der Waals surface area (Å²) in [7, 11) is -3.62. The molecule has 1 aliphatic rings. The smallest absolute Gasteiger partial charge is 0.338 e. The third kappa shape index (κ3) is 4.20. The maximum Gasteiger partial charge on any atom is 0.338 e. The second kappa shape index (κ2) is 8.88. The van der Waals surface area contributed by atoms with E-state index in [1.807, 2.05) is 31.2 Å². The van der Waals surface area contributed by atoms with Gasteiger partial charge in [0.2, 0.25) is 15.8 Å². The van der Waals surface area contributed by atoms with E-state index in [-0.39, 0.29) is 22.3 Å². The number of Topliss-reactive ketones (excluding diaryl/α,β-unsaturated/α-hetero) is 1. The molecule has 2 atom stereocenters. The van der Waals surface area contributed by atoms with Gasteiger partial charge >= 0.3 is 5.97 Å². The lowest BCUT2D eigenvalue weighted by Crippen LogP contribution is -2.41. The van der Waals surface area contributed by atoms with Gasteiger partial charge in [0.25, 0.3) is 0 Å². The number of sulfonamides is 1. The second-order valence-corrected chi connectivity index (χ2v) is 10.0. The van der Waals surface area contributed by atoms with Crippen LogP contribution in [-0.2, 0) is 14.8 Å². The standard InChI is InChI=1S/C24H26N2O5S/c1-16-7-5-6-14-26(16)32(29,30)19-12-10-18(11-13-19)24(28)31-17(2)23(27)21-15-25-22-9-4-3-8-20(21)22/h3-4,8-13,15-17,25H,5-7,14H2,1-2H3. The van der Waals surface area contributed by atoms with Crippen molar-refractivity contribution in [1.82, 2.24) is 9.29 Å². The van der Waals surface area contributed by atoms with E-state index in [1.54, 1.807) is 6.20 Å². The number of aromatic amines is 1. The summed E-state index contributed by atoms with van der Waals surface area (Å²) in [5, 5.41) is 0.766. The van der Waals surface area contributed by atoms with Crippen LogP contribution in [0.4, 0.5) is 0 Å². The van der Waals surface area contributed by atoms with Gasteiger partial charge in [0.15, 0.2) is 6.10 Å². The van der Waals surface area contributed by atoms with Crippen LogP contribution in [0.5, 0.6) is 0 Å². The largest absolute Gasteiger partial charge is 0.451 e. The lowest BCUT2D eigenvalue weighted by atomic mass is 10.1. The Morgan fingerprint density at radius 1 is 1.09 bits per heavy atom. The van der Waals surface area contributed by atoms with Crippen LogP contribution in [0.1, 0.15) is 53.8 Å². The molecular weight excluding hydrogens is 428 g/mol. The quantitative estimate of drug-likeness (QED) is 0.446. The SMILES string of the molecule is CC(OC(=O)c1ccc(S(=O)(=O)N2CCCCC2C)cc1)C(=O)c1c[nH]c2ccccc12. The van der Waals surface area contributed by atoms with Crippen LogP contribution in [0.25, 0.3) is 10.9 Å². The van der Waals surface area contributed by atoms with Gasteiger partial charge in [0.05, 0.1) is 10.5 Å². The Bertz CT molecular complexity index is 1250. The van der Waals surface area contributed by atoms with E-state index in [1.165, 1.54) is 35.5 Å². The van der Waals surface area contributed by atoms with Gasteiger partial charge in [-0.05, 0) is 57.0 Å². The summed E-state index contributed by atoms with van der Waals surface area (Å²) in [5.41, 5.74) is 1.47. The molecule has 2 aromatic carbocycles. The monoisotopic (exact) mass is 454 g/mol. The zero-order valence-corrected chi connectivity index (χ0v) is 18.9. The molecule has 2 unspecified atom stereocenters. The van der Waals surface area contributed by atoms with Gasteiger partial charge in [-0.3, -0.25) is 4.79 Å². The van der Waals surface area contributed by atoms with Crippen molar-refractivity contribution in [3.05, 3.63) is 65.9 Å². The molecule has 0 radical (unpaired) electrons. The Morgan fingerprint density at radius 3 is 2.53 bits per heavy atom. The lowest BCUT2D eigenvalue weighted by molar-refractivity contribution is 0.0319. The van der Waals surface area contributed by atoms with Crippen LogP contribution >= 0.6 is 0 Å². The summed E-state index contributed by atoms with van der Waals surface area (Å²) in [6.07, 6.45) is 3.33. The van der Waals surface area contributed by atoms with Gasteiger partial charge in [-0.2, -0.15) is 4.31 Å². The molecule has 4 rings (SSSR count). The minimum atomic E-state index is -3.62. The van der Waals surface area contributed by atoms with Crippen LogP contribution in [0.3, 0.4) is 0 Å². The highest BCUT2D eigenvalue weighted by Crippen LogP contribution is 2.25. The summed E-state index contributed by atoms with van der Waals surface area (Å²) < 4.78 is 32.8. The Morgan fingerprint density at radius 2 is 1.81 bits per heavy atom. The lowest BCUT2D eigenvalue weighted by Gasteiger charge is -2.32. The van der Waals surface area contributed by atoms with Crippen LogP contribution in [0.2, 0.25) is 0 Å². The number of rotatable bonds is 6. The first-order valence-electron chi connectivity index (χ1n) is 10.7. The molecule has 8 heteroatoms. The highest BCUT2D eigenvalue weighted by molar-refractivity contribution is 7.89. The number of aromatic nitrogens is 1. The van der Waals surface area contributed by atoms with Crippen molar-refractivity contribution in [2.75, 3.05) is 6.54 Å². The number of ether oxygens (including phenoxy) is 1. The number of nitrogens with zero attached hydrogens (tertiary/aromatic N) is 1. The normalized spacial score (nSPS) is 18.4. The number of fused-ring (bicyclic) bond motifs is 1. The molecule has 0 amide bonds. The first-order chi connectivity index (χ1) is 15.3. The molecule has 168 valence electrons. The van der Waals surface area contributed by atoms with Crippen LogP contribution in [0, 0.1) is 0 Å². The number of para-hydroxylation sites is 1. The zero-order chi connectivity index (χ0) is 22.9. The Labute approximate surface area is 187 Å². The summed E-state index contributed by atoms with van der Waals surface area (Å²) in [4.78, 5) is 28.5. The molecule has 3 aromatic rings. The molecule has 7 nitrogen and oxygen atoms in total. The molecule has 1 aromatic heterocycles. The molecule has 1 aliphatic heterocycles. The van der Waals surface area contributed by atoms with E-state index in [0.717, 1.165) is 30.2 Å². The van der Waals surface area contributed by atoms with E-state index < -0.39 is 22.1 Å². The molecule has 0 saturated carbocycles. The maximum absolute atomic E-state index is 12.9. The average molecular weight is 455 g/mol. The van der Waals surface area contributed by atoms with Gasteiger partial charge < -0.3 is 9.72 Å². The van der Waals surface area contributed by atoms with Crippen LogP contribution in [0.15, 0.2) is 59.6 Å². The highest BCUT2D eigenvalue weighted by Gasteiger charge is 2.31. The highest BCUT2D eigenvalue weighted by atomic mass is 32.2. The topological polar surface area (TPSA) is 96.5 Å². The second-order valence-electron chi connectivity index (χ2n) is 8.14.